The number of ether oxygens (including phenoxy) is 1. The van der Waals surface area contributed by atoms with Crippen LogP contribution in [-0.2, 0) is 4.74 Å². The fraction of sp³-hybridized carbons (Fsp3) is 0.273. The lowest BCUT2D eigenvalue weighted by atomic mass is 9.99. The summed E-state index contributed by atoms with van der Waals surface area (Å²) >= 11 is 0. The average Bonchev–Trinajstić information content (AvgIpc) is 2.32. The number of benzene rings is 1. The number of aromatic carboxylic acids is 1. The lowest BCUT2D eigenvalue weighted by molar-refractivity contribution is -0.104. The number of hydrogen-bond acceptors (Lipinski definition) is 3. The summed E-state index contributed by atoms with van der Waals surface area (Å²) in [5, 5.41) is 10.7. The average molecular weight is 257 g/mol. The first-order chi connectivity index (χ1) is 8.40. The largest absolute Gasteiger partial charge is 0.478 e. The van der Waals surface area contributed by atoms with Gasteiger partial charge in [-0.3, -0.25) is 0 Å². The second-order valence-electron chi connectivity index (χ2n) is 3.84. The van der Waals surface area contributed by atoms with E-state index in [-0.39, 0.29) is 11.1 Å². The summed E-state index contributed by atoms with van der Waals surface area (Å²) in [7, 11) is 0. The minimum absolute atomic E-state index is 0.0135. The summed E-state index contributed by atoms with van der Waals surface area (Å²) in [6, 6.07) is 3.38. The first-order valence-electron chi connectivity index (χ1n) is 5.04. The van der Waals surface area contributed by atoms with Crippen LogP contribution in [0.15, 0.2) is 24.3 Å². The third kappa shape index (κ3) is 2.24. The van der Waals surface area contributed by atoms with E-state index >= 15 is 0 Å². The molecule has 1 heterocycles. The number of carboxylic acids is 1. The van der Waals surface area contributed by atoms with Gasteiger partial charge in [-0.15, -0.1) is 0 Å². The topological polar surface area (TPSA) is 75.6 Å². The zero-order chi connectivity index (χ0) is 13.3. The third-order valence-corrected chi connectivity index (χ3v) is 2.57. The first-order valence-corrected chi connectivity index (χ1v) is 5.04. The van der Waals surface area contributed by atoms with Crippen molar-refractivity contribution in [1.82, 2.24) is 5.32 Å². The predicted molar refractivity (Wildman–Crippen MR) is 55.6 cm³/mol. The third-order valence-electron chi connectivity index (χ3n) is 2.57. The van der Waals surface area contributed by atoms with E-state index in [2.05, 4.69) is 4.74 Å². The quantitative estimate of drug-likeness (QED) is 0.847. The van der Waals surface area contributed by atoms with E-state index in [9.17, 15) is 18.4 Å². The number of cyclic esters (lactones) is 1. The van der Waals surface area contributed by atoms with Crippen LogP contribution in [0.5, 0.6) is 0 Å². The van der Waals surface area contributed by atoms with Crippen molar-refractivity contribution in [2.45, 2.75) is 12.0 Å². The van der Waals surface area contributed by atoms with Crippen molar-refractivity contribution in [2.75, 3.05) is 6.61 Å². The van der Waals surface area contributed by atoms with Gasteiger partial charge in [0.1, 0.15) is 6.04 Å². The molecule has 0 aliphatic carbocycles. The summed E-state index contributed by atoms with van der Waals surface area (Å²) < 4.78 is 31.3. The fourth-order valence-corrected chi connectivity index (χ4v) is 1.66. The van der Waals surface area contributed by atoms with E-state index in [1.807, 2.05) is 5.32 Å². The van der Waals surface area contributed by atoms with Gasteiger partial charge in [0.05, 0.1) is 5.56 Å². The van der Waals surface area contributed by atoms with E-state index in [1.54, 1.807) is 0 Å². The molecule has 1 amide bonds. The Labute approximate surface area is 100 Å². The highest BCUT2D eigenvalue weighted by atomic mass is 19.3. The van der Waals surface area contributed by atoms with Crippen LogP contribution >= 0.6 is 0 Å². The van der Waals surface area contributed by atoms with Crippen molar-refractivity contribution in [3.63, 3.8) is 0 Å². The molecule has 5 nitrogen and oxygen atoms in total. The van der Waals surface area contributed by atoms with Gasteiger partial charge in [-0.05, 0) is 17.7 Å². The maximum atomic E-state index is 13.5. The van der Waals surface area contributed by atoms with Crippen LogP contribution in [0, 0.1) is 0 Å². The number of amides is 1. The van der Waals surface area contributed by atoms with Gasteiger partial charge < -0.3 is 15.2 Å². The number of carbonyl (C=O) groups is 2. The highest BCUT2D eigenvalue weighted by Crippen LogP contribution is 2.34. The van der Waals surface area contributed by atoms with Gasteiger partial charge in [-0.2, -0.15) is 0 Å². The Hall–Kier alpha value is -2.18. The zero-order valence-electron chi connectivity index (χ0n) is 9.02. The Morgan fingerprint density at radius 2 is 2.00 bits per heavy atom. The second-order valence-corrected chi connectivity index (χ2v) is 3.84. The SMILES string of the molecule is O=C1N[C@@H](c2ccc(C(=O)O)cc2)C(F)(F)CO1. The molecule has 0 unspecified atom stereocenters. The van der Waals surface area contributed by atoms with Gasteiger partial charge in [0, 0.05) is 0 Å². The first kappa shape index (κ1) is 12.3. The Bertz CT molecular complexity index is 486. The molecular formula is C11H9F2NO4. The molecule has 0 bridgehead atoms. The smallest absolute Gasteiger partial charge is 0.408 e. The maximum absolute atomic E-state index is 13.5. The van der Waals surface area contributed by atoms with Crippen LogP contribution in [0.4, 0.5) is 13.6 Å². The summed E-state index contributed by atoms with van der Waals surface area (Å²) in [4.78, 5) is 21.6. The van der Waals surface area contributed by atoms with Crippen LogP contribution in [0.1, 0.15) is 22.0 Å². The summed E-state index contributed by atoms with van der Waals surface area (Å²) in [5.74, 6) is -4.39. The number of carboxylic acid groups (broad SMARTS) is 1. The van der Waals surface area contributed by atoms with Gasteiger partial charge in [0.25, 0.3) is 0 Å². The number of alkyl carbamates (subject to hydrolysis) is 1. The second kappa shape index (κ2) is 4.25. The van der Waals surface area contributed by atoms with Crippen molar-refractivity contribution >= 4 is 12.1 Å². The van der Waals surface area contributed by atoms with Gasteiger partial charge in [0.15, 0.2) is 6.61 Å². The molecule has 1 saturated heterocycles. The van der Waals surface area contributed by atoms with Crippen molar-refractivity contribution in [2.24, 2.45) is 0 Å². The molecule has 1 aliphatic rings. The molecule has 1 fully saturated rings. The lowest BCUT2D eigenvalue weighted by Crippen LogP contribution is -2.49. The van der Waals surface area contributed by atoms with Crippen LogP contribution in [0.2, 0.25) is 0 Å². The van der Waals surface area contributed by atoms with Crippen LogP contribution in [0.25, 0.3) is 0 Å². The summed E-state index contributed by atoms with van der Waals surface area (Å²) in [6.45, 7) is -0.996. The number of hydrogen-bond donors (Lipinski definition) is 2. The van der Waals surface area contributed by atoms with Gasteiger partial charge in [-0.1, -0.05) is 12.1 Å². The van der Waals surface area contributed by atoms with Crippen molar-refractivity contribution in [3.8, 4) is 0 Å². The minimum Gasteiger partial charge on any atom is -0.478 e. The highest BCUT2D eigenvalue weighted by Gasteiger charge is 2.46. The Balaban J connectivity index is 2.28. The summed E-state index contributed by atoms with van der Waals surface area (Å²) in [5.41, 5.74) is 0.113. The number of carbonyl (C=O) groups excluding carboxylic acids is 1. The standard InChI is InChI=1S/C11H9F2NO4/c12-11(13)5-18-10(17)14-8(11)6-1-3-7(4-2-6)9(15)16/h1-4,8H,5H2,(H,14,17)(H,15,16)/t8-/m0/s1. The van der Waals surface area contributed by atoms with Gasteiger partial charge >= 0.3 is 18.0 Å². The zero-order valence-corrected chi connectivity index (χ0v) is 9.02. The molecule has 0 saturated carbocycles. The number of rotatable bonds is 2. The van der Waals surface area contributed by atoms with Gasteiger partial charge in [-0.25, -0.2) is 18.4 Å². The predicted octanol–water partition coefficient (Wildman–Crippen LogP) is 1.80. The highest BCUT2D eigenvalue weighted by molar-refractivity contribution is 5.87. The van der Waals surface area contributed by atoms with E-state index in [4.69, 9.17) is 5.11 Å². The summed E-state index contributed by atoms with van der Waals surface area (Å²) in [6.07, 6.45) is -0.923. The molecule has 0 spiro atoms. The number of halogens is 2. The van der Waals surface area contributed by atoms with Gasteiger partial charge in [0.2, 0.25) is 0 Å². The molecule has 0 radical (unpaired) electrons. The van der Waals surface area contributed by atoms with E-state index in [0.717, 1.165) is 0 Å². The van der Waals surface area contributed by atoms with Crippen LogP contribution in [0.3, 0.4) is 0 Å². The molecular weight excluding hydrogens is 248 g/mol. The fourth-order valence-electron chi connectivity index (χ4n) is 1.66. The Kier molecular flexibility index (Phi) is 2.90. The minimum atomic E-state index is -3.24. The maximum Gasteiger partial charge on any atom is 0.408 e. The van der Waals surface area contributed by atoms with Crippen LogP contribution in [-0.4, -0.2) is 29.7 Å². The molecule has 1 atom stereocenters. The molecule has 1 aromatic rings. The van der Waals surface area contributed by atoms with E-state index in [1.165, 1.54) is 24.3 Å². The van der Waals surface area contributed by atoms with E-state index < -0.39 is 30.6 Å². The lowest BCUT2D eigenvalue weighted by Gasteiger charge is -2.31. The molecule has 1 aromatic carbocycles. The Morgan fingerprint density at radius 1 is 1.39 bits per heavy atom. The monoisotopic (exact) mass is 257 g/mol. The van der Waals surface area contributed by atoms with Crippen molar-refractivity contribution < 1.29 is 28.2 Å². The molecule has 2 N–H and O–H groups in total. The molecule has 96 valence electrons. The van der Waals surface area contributed by atoms with E-state index in [0.29, 0.717) is 0 Å². The molecule has 7 heteroatoms. The molecule has 2 rings (SSSR count). The number of nitrogens with one attached hydrogen (secondary N) is 1. The number of alkyl halides is 2. The van der Waals surface area contributed by atoms with Crippen molar-refractivity contribution in [3.05, 3.63) is 35.4 Å². The normalized spacial score (nSPS) is 21.9. The molecule has 18 heavy (non-hydrogen) atoms. The van der Waals surface area contributed by atoms with Crippen molar-refractivity contribution in [1.29, 1.82) is 0 Å². The van der Waals surface area contributed by atoms with Crippen LogP contribution < -0.4 is 5.32 Å². The molecule has 1 aliphatic heterocycles. The Morgan fingerprint density at radius 3 is 2.56 bits per heavy atom. The molecule has 0 aromatic heterocycles.